The summed E-state index contributed by atoms with van der Waals surface area (Å²) in [7, 11) is 0. The summed E-state index contributed by atoms with van der Waals surface area (Å²) in [5, 5.41) is 3.69. The summed E-state index contributed by atoms with van der Waals surface area (Å²) in [4.78, 5) is 25.2. The number of rotatable bonds is 5. The van der Waals surface area contributed by atoms with Gasteiger partial charge in [0.1, 0.15) is 5.56 Å². The van der Waals surface area contributed by atoms with E-state index in [2.05, 4.69) is 31.3 Å². The molecule has 0 aliphatic heterocycles. The summed E-state index contributed by atoms with van der Waals surface area (Å²) in [6.45, 7) is 6.64. The first-order chi connectivity index (χ1) is 15.4. The van der Waals surface area contributed by atoms with Crippen LogP contribution in [-0.4, -0.2) is 16.7 Å². The number of benzene rings is 2. The second-order valence-electron chi connectivity index (χ2n) is 8.62. The van der Waals surface area contributed by atoms with E-state index in [4.69, 9.17) is 0 Å². The van der Waals surface area contributed by atoms with E-state index in [1.54, 1.807) is 12.3 Å². The first-order valence-corrected chi connectivity index (χ1v) is 10.2. The Kier molecular flexibility index (Phi) is 6.86. The normalized spacial score (nSPS) is 12.2. The van der Waals surface area contributed by atoms with Gasteiger partial charge in [-0.25, -0.2) is 5.43 Å². The monoisotopic (exact) mass is 455 g/mol. The third-order valence-electron chi connectivity index (χ3n) is 5.03. The van der Waals surface area contributed by atoms with Gasteiger partial charge in [-0.15, -0.1) is 0 Å². The highest BCUT2D eigenvalue weighted by molar-refractivity contribution is 5.94. The number of hydrogen-bond acceptors (Lipinski definition) is 3. The molecule has 1 aromatic heterocycles. The molecular formula is C25H24F3N3O2. The van der Waals surface area contributed by atoms with Crippen molar-refractivity contribution in [3.05, 3.63) is 105 Å². The molecule has 1 amide bonds. The fourth-order valence-electron chi connectivity index (χ4n) is 3.16. The maximum Gasteiger partial charge on any atom is 0.416 e. The van der Waals surface area contributed by atoms with E-state index < -0.39 is 23.2 Å². The molecule has 1 heterocycles. The molecule has 0 aliphatic carbocycles. The van der Waals surface area contributed by atoms with Crippen LogP contribution in [0, 0.1) is 0 Å². The largest absolute Gasteiger partial charge is 0.416 e. The molecule has 0 spiro atoms. The molecule has 33 heavy (non-hydrogen) atoms. The summed E-state index contributed by atoms with van der Waals surface area (Å²) in [5.41, 5.74) is 3.02. The first kappa shape index (κ1) is 24.0. The van der Waals surface area contributed by atoms with Crippen molar-refractivity contribution in [3.8, 4) is 0 Å². The number of aromatic nitrogens is 1. The fraction of sp³-hybridized carbons (Fsp3) is 0.240. The molecule has 0 unspecified atom stereocenters. The van der Waals surface area contributed by atoms with Crippen LogP contribution < -0.4 is 11.0 Å². The zero-order valence-electron chi connectivity index (χ0n) is 18.5. The van der Waals surface area contributed by atoms with Crippen LogP contribution >= 0.6 is 0 Å². The maximum absolute atomic E-state index is 12.8. The molecule has 5 nitrogen and oxygen atoms in total. The lowest BCUT2D eigenvalue weighted by atomic mass is 9.87. The number of hydrogen-bond donors (Lipinski definition) is 1. The predicted octanol–water partition coefficient (Wildman–Crippen LogP) is 4.98. The first-order valence-electron chi connectivity index (χ1n) is 10.2. The van der Waals surface area contributed by atoms with Gasteiger partial charge >= 0.3 is 6.18 Å². The van der Waals surface area contributed by atoms with Crippen molar-refractivity contribution in [1.29, 1.82) is 0 Å². The average Bonchev–Trinajstić information content (AvgIpc) is 2.74. The zero-order valence-corrected chi connectivity index (χ0v) is 18.5. The Morgan fingerprint density at radius 1 is 1.00 bits per heavy atom. The Balaban J connectivity index is 1.72. The van der Waals surface area contributed by atoms with Gasteiger partial charge < -0.3 is 4.57 Å². The molecular weight excluding hydrogens is 431 g/mol. The van der Waals surface area contributed by atoms with E-state index in [0.717, 1.165) is 23.9 Å². The van der Waals surface area contributed by atoms with Crippen molar-refractivity contribution in [2.75, 3.05) is 0 Å². The molecule has 0 saturated heterocycles. The minimum Gasteiger partial charge on any atom is -0.310 e. The Morgan fingerprint density at radius 3 is 2.33 bits per heavy atom. The Hall–Kier alpha value is -3.68. The van der Waals surface area contributed by atoms with Crippen LogP contribution in [0.2, 0.25) is 0 Å². The van der Waals surface area contributed by atoms with Crippen LogP contribution in [0.15, 0.2) is 76.8 Å². The van der Waals surface area contributed by atoms with Crippen LogP contribution in [0.4, 0.5) is 13.2 Å². The molecule has 0 fully saturated rings. The van der Waals surface area contributed by atoms with E-state index in [0.29, 0.717) is 0 Å². The number of hydrazone groups is 1. The number of nitrogens with zero attached hydrogens (tertiary/aromatic N) is 2. The molecule has 8 heteroatoms. The minimum atomic E-state index is -4.48. The Morgan fingerprint density at radius 2 is 1.70 bits per heavy atom. The van der Waals surface area contributed by atoms with Gasteiger partial charge in [0, 0.05) is 6.20 Å². The van der Waals surface area contributed by atoms with E-state index in [9.17, 15) is 22.8 Å². The van der Waals surface area contributed by atoms with Gasteiger partial charge in [0.05, 0.1) is 18.3 Å². The van der Waals surface area contributed by atoms with Crippen molar-refractivity contribution in [2.45, 2.75) is 38.9 Å². The van der Waals surface area contributed by atoms with Gasteiger partial charge in [-0.05, 0) is 46.4 Å². The Labute approximate surface area is 189 Å². The van der Waals surface area contributed by atoms with Crippen LogP contribution in [-0.2, 0) is 18.1 Å². The second-order valence-corrected chi connectivity index (χ2v) is 8.62. The lowest BCUT2D eigenvalue weighted by molar-refractivity contribution is -0.137. The van der Waals surface area contributed by atoms with Crippen molar-refractivity contribution >= 4 is 12.1 Å². The SMILES string of the molecule is CC(C)(C)c1ccc(Cn2cccc(C(=O)N/N=C\c3cccc(C(F)(F)F)c3)c2=O)cc1. The quantitative estimate of drug-likeness (QED) is 0.436. The van der Waals surface area contributed by atoms with Crippen LogP contribution in [0.3, 0.4) is 0 Å². The van der Waals surface area contributed by atoms with E-state index in [1.165, 1.54) is 28.3 Å². The summed E-state index contributed by atoms with van der Waals surface area (Å²) < 4.78 is 39.8. The topological polar surface area (TPSA) is 63.5 Å². The number of carbonyl (C=O) groups is 1. The standard InChI is InChI=1S/C25H24F3N3O2/c1-24(2,3)19-11-9-17(10-12-19)16-31-13-5-8-21(23(31)33)22(32)30-29-15-18-6-4-7-20(14-18)25(26,27)28/h4-15H,16H2,1-3H3,(H,30,32)/b29-15-. The van der Waals surface area contributed by atoms with Gasteiger partial charge in [0.2, 0.25) is 0 Å². The summed E-state index contributed by atoms with van der Waals surface area (Å²) in [5.74, 6) is -0.749. The molecule has 1 N–H and O–H groups in total. The van der Waals surface area contributed by atoms with Crippen LogP contribution in [0.1, 0.15) is 53.4 Å². The Bertz CT molecular complexity index is 1220. The number of carbonyl (C=O) groups excluding carboxylic acids is 1. The molecule has 0 atom stereocenters. The van der Waals surface area contributed by atoms with Gasteiger partial charge in [0.25, 0.3) is 11.5 Å². The molecule has 2 aromatic carbocycles. The molecule has 0 saturated carbocycles. The second kappa shape index (κ2) is 9.44. The van der Waals surface area contributed by atoms with Crippen LogP contribution in [0.5, 0.6) is 0 Å². The smallest absolute Gasteiger partial charge is 0.310 e. The highest BCUT2D eigenvalue weighted by atomic mass is 19.4. The lowest BCUT2D eigenvalue weighted by Gasteiger charge is -2.19. The summed E-state index contributed by atoms with van der Waals surface area (Å²) in [6, 6.07) is 15.4. The molecule has 0 bridgehead atoms. The number of nitrogens with one attached hydrogen (secondary N) is 1. The number of halogens is 3. The molecule has 0 radical (unpaired) electrons. The maximum atomic E-state index is 12.8. The molecule has 172 valence electrons. The third-order valence-corrected chi connectivity index (χ3v) is 5.03. The van der Waals surface area contributed by atoms with Crippen LogP contribution in [0.25, 0.3) is 0 Å². The van der Waals surface area contributed by atoms with Gasteiger partial charge in [0.15, 0.2) is 0 Å². The number of alkyl halides is 3. The highest BCUT2D eigenvalue weighted by Gasteiger charge is 2.30. The third kappa shape index (κ3) is 6.19. The van der Waals surface area contributed by atoms with Crippen molar-refractivity contribution in [3.63, 3.8) is 0 Å². The summed E-state index contributed by atoms with van der Waals surface area (Å²) in [6.07, 6.45) is -1.80. The lowest BCUT2D eigenvalue weighted by Crippen LogP contribution is -2.30. The number of pyridine rings is 1. The van der Waals surface area contributed by atoms with E-state index >= 15 is 0 Å². The van der Waals surface area contributed by atoms with Crippen molar-refractivity contribution < 1.29 is 18.0 Å². The average molecular weight is 455 g/mol. The van der Waals surface area contributed by atoms with E-state index in [-0.39, 0.29) is 23.1 Å². The number of amides is 1. The predicted molar refractivity (Wildman–Crippen MR) is 121 cm³/mol. The molecule has 3 rings (SSSR count). The van der Waals surface area contributed by atoms with Crippen molar-refractivity contribution in [1.82, 2.24) is 9.99 Å². The minimum absolute atomic E-state index is 0.0158. The molecule has 3 aromatic rings. The fourth-order valence-corrected chi connectivity index (χ4v) is 3.16. The molecule has 0 aliphatic rings. The van der Waals surface area contributed by atoms with Gasteiger partial charge in [-0.1, -0.05) is 57.2 Å². The van der Waals surface area contributed by atoms with Gasteiger partial charge in [-0.2, -0.15) is 18.3 Å². The highest BCUT2D eigenvalue weighted by Crippen LogP contribution is 2.29. The van der Waals surface area contributed by atoms with Crippen molar-refractivity contribution in [2.24, 2.45) is 5.10 Å². The summed E-state index contributed by atoms with van der Waals surface area (Å²) >= 11 is 0. The zero-order chi connectivity index (χ0) is 24.2. The van der Waals surface area contributed by atoms with Gasteiger partial charge in [-0.3, -0.25) is 9.59 Å². The van der Waals surface area contributed by atoms with E-state index in [1.807, 2.05) is 24.3 Å².